The first-order chi connectivity index (χ1) is 15.9. The third kappa shape index (κ3) is 4.58. The second-order valence-electron chi connectivity index (χ2n) is 8.39. The van der Waals surface area contributed by atoms with Gasteiger partial charge in [0.1, 0.15) is 5.84 Å². The van der Waals surface area contributed by atoms with Crippen LogP contribution in [-0.2, 0) is 11.8 Å². The van der Waals surface area contributed by atoms with Gasteiger partial charge in [-0.1, -0.05) is 32.0 Å². The van der Waals surface area contributed by atoms with Gasteiger partial charge in [0.05, 0.1) is 17.3 Å². The molecule has 0 bridgehead atoms. The molecule has 0 saturated carbocycles. The van der Waals surface area contributed by atoms with Crippen LogP contribution in [0, 0.1) is 0 Å². The van der Waals surface area contributed by atoms with Crippen molar-refractivity contribution in [2.75, 3.05) is 13.1 Å². The van der Waals surface area contributed by atoms with Gasteiger partial charge >= 0.3 is 0 Å². The summed E-state index contributed by atoms with van der Waals surface area (Å²) in [5, 5.41) is 5.53. The second kappa shape index (κ2) is 9.40. The minimum atomic E-state index is -0.124. The van der Waals surface area contributed by atoms with Crippen molar-refractivity contribution in [3.63, 3.8) is 0 Å². The molecule has 1 amide bonds. The van der Waals surface area contributed by atoms with Gasteiger partial charge in [0.15, 0.2) is 0 Å². The molecule has 0 radical (unpaired) electrons. The molecule has 0 spiro atoms. The average molecular weight is 444 g/mol. The molecule has 3 aromatic rings. The summed E-state index contributed by atoms with van der Waals surface area (Å²) in [6, 6.07) is 11.6. The summed E-state index contributed by atoms with van der Waals surface area (Å²) in [4.78, 5) is 32.0. The SMILES string of the molecule is CCCN(CCC)C(=O)C1=Cc2ccc(-c3ccc4c(=O)n(C)ncc4c3)cc2N=C(N)C1. The monoisotopic (exact) mass is 443 g/mol. The third-order valence-electron chi connectivity index (χ3n) is 5.82. The fourth-order valence-electron chi connectivity index (χ4n) is 4.18. The molecule has 2 aromatic carbocycles. The highest BCUT2D eigenvalue weighted by Gasteiger charge is 2.21. The lowest BCUT2D eigenvalue weighted by molar-refractivity contribution is -0.127. The molecule has 1 aromatic heterocycles. The van der Waals surface area contributed by atoms with E-state index in [9.17, 15) is 9.59 Å². The minimum Gasteiger partial charge on any atom is -0.387 e. The summed E-state index contributed by atoms with van der Waals surface area (Å²) in [6.45, 7) is 5.61. The molecule has 7 heteroatoms. The van der Waals surface area contributed by atoms with Crippen molar-refractivity contribution in [3.8, 4) is 11.1 Å². The number of amidine groups is 1. The van der Waals surface area contributed by atoms with Gasteiger partial charge in [0.25, 0.3) is 5.56 Å². The van der Waals surface area contributed by atoms with Gasteiger partial charge in [-0.3, -0.25) is 9.59 Å². The zero-order chi connectivity index (χ0) is 23.5. The van der Waals surface area contributed by atoms with Gasteiger partial charge in [-0.05, 0) is 48.2 Å². The van der Waals surface area contributed by atoms with E-state index in [2.05, 4.69) is 23.9 Å². The Balaban J connectivity index is 1.72. The van der Waals surface area contributed by atoms with Crippen LogP contribution < -0.4 is 11.3 Å². The first kappa shape index (κ1) is 22.5. The Morgan fingerprint density at radius 3 is 2.52 bits per heavy atom. The molecule has 7 nitrogen and oxygen atoms in total. The average Bonchev–Trinajstić information content (AvgIpc) is 2.98. The number of amides is 1. The number of hydrogen-bond donors (Lipinski definition) is 1. The quantitative estimate of drug-likeness (QED) is 0.622. The molecule has 0 atom stereocenters. The van der Waals surface area contributed by atoms with Crippen molar-refractivity contribution < 1.29 is 4.79 Å². The molecule has 1 aliphatic heterocycles. The fourth-order valence-corrected chi connectivity index (χ4v) is 4.18. The normalized spacial score (nSPS) is 13.2. The second-order valence-corrected chi connectivity index (χ2v) is 8.39. The molecule has 1 aliphatic rings. The lowest BCUT2D eigenvalue weighted by Gasteiger charge is -2.22. The van der Waals surface area contributed by atoms with Crippen LogP contribution in [0.25, 0.3) is 28.0 Å². The van der Waals surface area contributed by atoms with Crippen LogP contribution in [-0.4, -0.2) is 39.5 Å². The molecular formula is C26H29N5O2. The van der Waals surface area contributed by atoms with Gasteiger partial charge in [-0.15, -0.1) is 0 Å². The summed E-state index contributed by atoms with van der Waals surface area (Å²) in [5.74, 6) is 0.446. The molecular weight excluding hydrogens is 414 g/mol. The van der Waals surface area contributed by atoms with Gasteiger partial charge in [-0.2, -0.15) is 5.10 Å². The van der Waals surface area contributed by atoms with Crippen LogP contribution in [0.3, 0.4) is 0 Å². The van der Waals surface area contributed by atoms with E-state index in [1.165, 1.54) is 4.68 Å². The molecule has 4 rings (SSSR count). The number of aryl methyl sites for hydroxylation is 1. The third-order valence-corrected chi connectivity index (χ3v) is 5.82. The Hall–Kier alpha value is -3.74. The highest BCUT2D eigenvalue weighted by molar-refractivity contribution is 6.05. The Labute approximate surface area is 193 Å². The zero-order valence-electron chi connectivity index (χ0n) is 19.3. The summed E-state index contributed by atoms with van der Waals surface area (Å²) in [7, 11) is 1.64. The lowest BCUT2D eigenvalue weighted by Crippen LogP contribution is -2.34. The number of rotatable bonds is 6. The van der Waals surface area contributed by atoms with Crippen LogP contribution >= 0.6 is 0 Å². The number of hydrogen-bond acceptors (Lipinski definition) is 5. The number of carbonyl (C=O) groups is 1. The van der Waals surface area contributed by atoms with Crippen molar-refractivity contribution >= 4 is 34.3 Å². The van der Waals surface area contributed by atoms with Gasteiger partial charge < -0.3 is 10.6 Å². The molecule has 2 N–H and O–H groups in total. The maximum absolute atomic E-state index is 13.2. The number of nitrogens with two attached hydrogens (primary N) is 1. The molecule has 33 heavy (non-hydrogen) atoms. The summed E-state index contributed by atoms with van der Waals surface area (Å²) < 4.78 is 1.33. The molecule has 0 unspecified atom stereocenters. The van der Waals surface area contributed by atoms with E-state index in [0.717, 1.165) is 53.7 Å². The predicted octanol–water partition coefficient (Wildman–Crippen LogP) is 4.02. The Bertz CT molecular complexity index is 1330. The first-order valence-corrected chi connectivity index (χ1v) is 11.3. The number of aromatic nitrogens is 2. The fraction of sp³-hybridized carbons (Fsp3) is 0.308. The van der Waals surface area contributed by atoms with Crippen molar-refractivity contribution in [1.82, 2.24) is 14.7 Å². The Morgan fingerprint density at radius 2 is 1.79 bits per heavy atom. The van der Waals surface area contributed by atoms with E-state index < -0.39 is 0 Å². The lowest BCUT2D eigenvalue weighted by atomic mass is 9.99. The van der Waals surface area contributed by atoms with Crippen molar-refractivity contribution in [2.45, 2.75) is 33.1 Å². The summed E-state index contributed by atoms with van der Waals surface area (Å²) >= 11 is 0. The van der Waals surface area contributed by atoms with Gasteiger partial charge in [0.2, 0.25) is 5.91 Å². The molecule has 170 valence electrons. The van der Waals surface area contributed by atoms with Crippen LogP contribution in [0.5, 0.6) is 0 Å². The number of benzene rings is 2. The number of carbonyl (C=O) groups excluding carboxylic acids is 1. The largest absolute Gasteiger partial charge is 0.387 e. The first-order valence-electron chi connectivity index (χ1n) is 11.3. The van der Waals surface area contributed by atoms with Crippen LogP contribution in [0.2, 0.25) is 0 Å². The molecule has 2 heterocycles. The predicted molar refractivity (Wildman–Crippen MR) is 133 cm³/mol. The van der Waals surface area contributed by atoms with Crippen LogP contribution in [0.4, 0.5) is 5.69 Å². The number of fused-ring (bicyclic) bond motifs is 2. The maximum Gasteiger partial charge on any atom is 0.274 e. The Kier molecular flexibility index (Phi) is 6.40. The van der Waals surface area contributed by atoms with Crippen LogP contribution in [0.15, 0.2) is 58.0 Å². The number of aliphatic imine (C=N–C) groups is 1. The van der Waals surface area contributed by atoms with E-state index in [1.54, 1.807) is 13.2 Å². The topological polar surface area (TPSA) is 93.6 Å². The van der Waals surface area contributed by atoms with E-state index in [0.29, 0.717) is 23.2 Å². The van der Waals surface area contributed by atoms with Crippen molar-refractivity contribution in [1.29, 1.82) is 0 Å². The van der Waals surface area contributed by atoms with E-state index in [-0.39, 0.29) is 11.5 Å². The maximum atomic E-state index is 13.2. The highest BCUT2D eigenvalue weighted by atomic mass is 16.2. The van der Waals surface area contributed by atoms with E-state index in [1.807, 2.05) is 47.4 Å². The number of nitrogens with zero attached hydrogens (tertiary/aromatic N) is 4. The molecule has 0 saturated heterocycles. The summed E-state index contributed by atoms with van der Waals surface area (Å²) in [5.41, 5.74) is 10.3. The zero-order valence-corrected chi connectivity index (χ0v) is 19.3. The summed E-state index contributed by atoms with van der Waals surface area (Å²) in [6.07, 6.45) is 5.76. The van der Waals surface area contributed by atoms with Gasteiger partial charge in [0, 0.05) is 43.1 Å². The van der Waals surface area contributed by atoms with Crippen LogP contribution in [0.1, 0.15) is 38.7 Å². The van der Waals surface area contributed by atoms with Crippen molar-refractivity contribution in [3.05, 3.63) is 64.1 Å². The van der Waals surface area contributed by atoms with E-state index >= 15 is 0 Å². The standard InChI is InChI=1S/C26H29N5O2/c1-4-10-31(11-5-2)25(32)20-13-19-7-6-18(14-23(19)29-24(27)15-20)17-8-9-22-21(12-17)16-28-30(3)26(22)33/h6-9,12-14,16H,4-5,10-11,15H2,1-3H3,(H2,27,29). The Morgan fingerprint density at radius 1 is 1.09 bits per heavy atom. The minimum absolute atomic E-state index is 0.0254. The van der Waals surface area contributed by atoms with E-state index in [4.69, 9.17) is 5.73 Å². The smallest absolute Gasteiger partial charge is 0.274 e. The van der Waals surface area contributed by atoms with Crippen molar-refractivity contribution in [2.24, 2.45) is 17.8 Å². The molecule has 0 aliphatic carbocycles. The molecule has 0 fully saturated rings. The van der Waals surface area contributed by atoms with Gasteiger partial charge in [-0.25, -0.2) is 9.67 Å². The highest BCUT2D eigenvalue weighted by Crippen LogP contribution is 2.32.